The van der Waals surface area contributed by atoms with Gasteiger partial charge in [-0.05, 0) is 71.1 Å². The fourth-order valence-corrected chi connectivity index (χ4v) is 3.73. The molecule has 1 aromatic carbocycles. The van der Waals surface area contributed by atoms with Crippen molar-refractivity contribution in [2.75, 3.05) is 12.3 Å². The Labute approximate surface area is 149 Å². The van der Waals surface area contributed by atoms with Gasteiger partial charge in [0.25, 0.3) is 6.43 Å². The van der Waals surface area contributed by atoms with Gasteiger partial charge in [-0.15, -0.1) is 0 Å². The molecule has 0 saturated heterocycles. The molecule has 6 heteroatoms. The highest BCUT2D eigenvalue weighted by molar-refractivity contribution is 9.10. The summed E-state index contributed by atoms with van der Waals surface area (Å²) in [6.07, 6.45) is 0.0344. The number of fused-ring (bicyclic) bond motifs is 1. The minimum absolute atomic E-state index is 0.0116. The lowest BCUT2D eigenvalue weighted by Gasteiger charge is -2.42. The number of rotatable bonds is 3. The molecule has 2 heterocycles. The molecule has 0 saturated carbocycles. The Morgan fingerprint density at radius 3 is 2.71 bits per heavy atom. The molecule has 2 aromatic rings. The fraction of sp³-hybridized carbons (Fsp3) is 0.389. The number of nitrogens with zero attached hydrogens (tertiary/aromatic N) is 2. The predicted octanol–water partition coefficient (Wildman–Crippen LogP) is 4.34. The van der Waals surface area contributed by atoms with Crippen LogP contribution in [0, 0.1) is 6.92 Å². The zero-order valence-electron chi connectivity index (χ0n) is 13.6. The van der Waals surface area contributed by atoms with Crippen LogP contribution in [0.4, 0.5) is 14.5 Å². The van der Waals surface area contributed by atoms with Gasteiger partial charge in [-0.3, -0.25) is 9.88 Å². The summed E-state index contributed by atoms with van der Waals surface area (Å²) in [5.74, 6) is 0. The Balaban J connectivity index is 2.15. The molecule has 0 amide bonds. The average molecular weight is 396 g/mol. The van der Waals surface area contributed by atoms with Gasteiger partial charge < -0.3 is 5.73 Å². The Morgan fingerprint density at radius 2 is 2.08 bits per heavy atom. The van der Waals surface area contributed by atoms with E-state index in [0.29, 0.717) is 6.42 Å². The van der Waals surface area contributed by atoms with E-state index in [0.717, 1.165) is 32.5 Å². The first-order valence-electron chi connectivity index (χ1n) is 7.91. The van der Waals surface area contributed by atoms with Gasteiger partial charge in [0.05, 0.1) is 18.3 Å². The van der Waals surface area contributed by atoms with Gasteiger partial charge in [-0.25, -0.2) is 8.78 Å². The van der Waals surface area contributed by atoms with E-state index in [1.165, 1.54) is 0 Å². The molecule has 0 radical (unpaired) electrons. The first-order chi connectivity index (χ1) is 11.4. The van der Waals surface area contributed by atoms with Gasteiger partial charge in [0.15, 0.2) is 0 Å². The number of benzene rings is 1. The van der Waals surface area contributed by atoms with Crippen molar-refractivity contribution in [3.05, 3.63) is 57.3 Å². The van der Waals surface area contributed by atoms with E-state index in [1.807, 2.05) is 43.0 Å². The molecule has 24 heavy (non-hydrogen) atoms. The minimum atomic E-state index is -2.39. The van der Waals surface area contributed by atoms with Gasteiger partial charge in [0.1, 0.15) is 0 Å². The van der Waals surface area contributed by atoms with Crippen molar-refractivity contribution in [3.63, 3.8) is 0 Å². The lowest BCUT2D eigenvalue weighted by molar-refractivity contribution is 0.0453. The summed E-state index contributed by atoms with van der Waals surface area (Å²) in [5, 5.41) is 0. The topological polar surface area (TPSA) is 42.1 Å². The number of hydrogen-bond donors (Lipinski definition) is 1. The van der Waals surface area contributed by atoms with Crippen molar-refractivity contribution in [1.29, 1.82) is 0 Å². The number of nitrogen functional groups attached to an aromatic ring is 1. The average Bonchev–Trinajstić information content (AvgIpc) is 2.53. The van der Waals surface area contributed by atoms with Crippen molar-refractivity contribution in [2.45, 2.75) is 38.8 Å². The smallest absolute Gasteiger partial charge is 0.251 e. The van der Waals surface area contributed by atoms with E-state index in [-0.39, 0.29) is 18.6 Å². The Bertz CT molecular complexity index is 734. The summed E-state index contributed by atoms with van der Waals surface area (Å²) in [4.78, 5) is 6.33. The fourth-order valence-electron chi connectivity index (χ4n) is 3.49. The molecular formula is C18H20BrF2N3. The highest BCUT2D eigenvalue weighted by Gasteiger charge is 2.36. The van der Waals surface area contributed by atoms with E-state index >= 15 is 0 Å². The zero-order chi connectivity index (χ0) is 17.4. The molecular weight excluding hydrogens is 376 g/mol. The highest BCUT2D eigenvalue weighted by Crippen LogP contribution is 2.40. The van der Waals surface area contributed by atoms with Crippen molar-refractivity contribution in [3.8, 4) is 0 Å². The van der Waals surface area contributed by atoms with E-state index in [9.17, 15) is 8.78 Å². The third-order valence-corrected chi connectivity index (χ3v) is 5.22. The van der Waals surface area contributed by atoms with Crippen LogP contribution in [0.2, 0.25) is 0 Å². The van der Waals surface area contributed by atoms with Gasteiger partial charge in [0.2, 0.25) is 0 Å². The molecule has 2 N–H and O–H groups in total. The summed E-state index contributed by atoms with van der Waals surface area (Å²) in [5.41, 5.74) is 10.8. The van der Waals surface area contributed by atoms with Crippen LogP contribution in [-0.4, -0.2) is 28.9 Å². The first kappa shape index (κ1) is 17.3. The second kappa shape index (κ2) is 6.76. The third kappa shape index (κ3) is 3.17. The SMILES string of the molecule is Cc1c(N)ccc2c1CC(C)N(CC(F)F)C2c1ccc(Br)cn1. The summed E-state index contributed by atoms with van der Waals surface area (Å²) < 4.78 is 27.2. The molecule has 128 valence electrons. The Hall–Kier alpha value is -1.53. The van der Waals surface area contributed by atoms with Crippen molar-refractivity contribution < 1.29 is 8.78 Å². The number of nitrogens with two attached hydrogens (primary N) is 1. The van der Waals surface area contributed by atoms with Crippen LogP contribution in [0.15, 0.2) is 34.9 Å². The second-order valence-corrected chi connectivity index (χ2v) is 7.21. The number of halogens is 3. The summed E-state index contributed by atoms with van der Waals surface area (Å²) >= 11 is 3.38. The van der Waals surface area contributed by atoms with Crippen LogP contribution in [0.1, 0.15) is 35.3 Å². The lowest BCUT2D eigenvalue weighted by Crippen LogP contribution is -2.45. The minimum Gasteiger partial charge on any atom is -0.399 e. The molecule has 0 spiro atoms. The number of aromatic nitrogens is 1. The van der Waals surface area contributed by atoms with Crippen LogP contribution in [-0.2, 0) is 6.42 Å². The maximum Gasteiger partial charge on any atom is 0.251 e. The summed E-state index contributed by atoms with van der Waals surface area (Å²) in [7, 11) is 0. The maximum absolute atomic E-state index is 13.2. The van der Waals surface area contributed by atoms with Crippen LogP contribution in [0.3, 0.4) is 0 Å². The van der Waals surface area contributed by atoms with E-state index < -0.39 is 6.43 Å². The summed E-state index contributed by atoms with van der Waals surface area (Å²) in [6.45, 7) is 3.71. The van der Waals surface area contributed by atoms with E-state index in [4.69, 9.17) is 5.73 Å². The Morgan fingerprint density at radius 1 is 1.33 bits per heavy atom. The third-order valence-electron chi connectivity index (χ3n) is 4.75. The summed E-state index contributed by atoms with van der Waals surface area (Å²) in [6, 6.07) is 7.30. The molecule has 1 aliphatic heterocycles. The zero-order valence-corrected chi connectivity index (χ0v) is 15.2. The second-order valence-electron chi connectivity index (χ2n) is 6.29. The largest absolute Gasteiger partial charge is 0.399 e. The van der Waals surface area contributed by atoms with Crippen LogP contribution in [0.25, 0.3) is 0 Å². The molecule has 1 aliphatic rings. The molecule has 2 atom stereocenters. The van der Waals surface area contributed by atoms with Crippen molar-refractivity contribution in [1.82, 2.24) is 9.88 Å². The standard InChI is InChI=1S/C18H20BrF2N3/c1-10-7-14-11(2)15(22)5-4-13(14)18(24(10)9-17(20)21)16-6-3-12(19)8-23-16/h3-6,8,10,17-18H,7,9,22H2,1-2H3. The van der Waals surface area contributed by atoms with E-state index in [2.05, 4.69) is 20.9 Å². The molecule has 0 bridgehead atoms. The number of anilines is 1. The first-order valence-corrected chi connectivity index (χ1v) is 8.71. The van der Waals surface area contributed by atoms with Gasteiger partial charge in [-0.2, -0.15) is 0 Å². The van der Waals surface area contributed by atoms with Gasteiger partial charge >= 0.3 is 0 Å². The number of hydrogen-bond acceptors (Lipinski definition) is 3. The van der Waals surface area contributed by atoms with Crippen LogP contribution >= 0.6 is 15.9 Å². The van der Waals surface area contributed by atoms with Crippen LogP contribution in [0.5, 0.6) is 0 Å². The number of pyridine rings is 1. The number of alkyl halides is 2. The van der Waals surface area contributed by atoms with Gasteiger partial charge in [-0.1, -0.05) is 6.07 Å². The van der Waals surface area contributed by atoms with Crippen molar-refractivity contribution >= 4 is 21.6 Å². The van der Waals surface area contributed by atoms with Gasteiger partial charge in [0, 0.05) is 22.4 Å². The maximum atomic E-state index is 13.2. The molecule has 1 aromatic heterocycles. The molecule has 3 nitrogen and oxygen atoms in total. The molecule has 0 fully saturated rings. The Kier molecular flexibility index (Phi) is 4.88. The molecule has 0 aliphatic carbocycles. The quantitative estimate of drug-likeness (QED) is 0.786. The molecule has 3 rings (SSSR count). The van der Waals surface area contributed by atoms with Crippen LogP contribution < -0.4 is 5.73 Å². The van der Waals surface area contributed by atoms with Crippen molar-refractivity contribution in [2.24, 2.45) is 0 Å². The van der Waals surface area contributed by atoms with E-state index in [1.54, 1.807) is 6.20 Å². The normalized spacial score (nSPS) is 21.1. The predicted molar refractivity (Wildman–Crippen MR) is 95.2 cm³/mol. The monoisotopic (exact) mass is 395 g/mol. The highest BCUT2D eigenvalue weighted by atomic mass is 79.9. The molecule has 2 unspecified atom stereocenters. The lowest BCUT2D eigenvalue weighted by atomic mass is 9.84.